The highest BCUT2D eigenvalue weighted by atomic mass is 32.2. The van der Waals surface area contributed by atoms with Crippen LogP contribution in [0.2, 0.25) is 0 Å². The van der Waals surface area contributed by atoms with E-state index in [0.717, 1.165) is 17.1 Å². The highest BCUT2D eigenvalue weighted by Gasteiger charge is 2.48. The molecule has 67 heavy (non-hydrogen) atoms. The number of rotatable bonds is 4. The Morgan fingerprint density at radius 1 is 0.373 bits per heavy atom. The van der Waals surface area contributed by atoms with E-state index in [1.165, 1.54) is 112 Å². The number of fused-ring (bicyclic) bond motifs is 15. The second-order valence-electron chi connectivity index (χ2n) is 17.9. The van der Waals surface area contributed by atoms with Gasteiger partial charge in [0, 0.05) is 57.5 Å². The number of anilines is 3. The van der Waals surface area contributed by atoms with Crippen molar-refractivity contribution >= 4 is 104 Å². The maximum absolute atomic E-state index is 2.51. The monoisotopic (exact) mass is 886 g/mol. The number of hydrogen-bond acceptors (Lipinski definition) is 3. The van der Waals surface area contributed by atoms with E-state index >= 15 is 0 Å². The molecule has 0 saturated carbocycles. The molecule has 2 nitrogen and oxygen atoms in total. The fourth-order valence-corrected chi connectivity index (χ4v) is 14.3. The minimum Gasteiger partial charge on any atom is -0.310 e. The summed E-state index contributed by atoms with van der Waals surface area (Å²) in [5.74, 6) is 0. The molecule has 3 heterocycles. The van der Waals surface area contributed by atoms with Gasteiger partial charge in [-0.25, -0.2) is 0 Å². The molecule has 0 radical (unpaired) electrons. The standard InChI is InChI=1S/C63H38N2S2/c1-2-19-43-39(15-1)16-13-28-53(43)64(41-33-35-46-45-21-4-8-27-54(45)65(56(46)37-41)55-29-14-32-59-62(55)48-22-5-9-30-57(48)66-59)42-34-36-51-60(38-42)67-58-31-10-7-25-50(58)63(51)49-24-6-3-20-44(49)47-23-11-17-40-18-12-26-52(63)61(40)47/h1-38H. The van der Waals surface area contributed by atoms with Gasteiger partial charge in [0.2, 0.25) is 0 Å². The summed E-state index contributed by atoms with van der Waals surface area (Å²) < 4.78 is 5.12. The van der Waals surface area contributed by atoms with Gasteiger partial charge in [0.05, 0.1) is 27.8 Å². The first-order chi connectivity index (χ1) is 33.2. The Bertz CT molecular complexity index is 4220. The number of benzene rings is 11. The lowest BCUT2D eigenvalue weighted by Gasteiger charge is -2.46. The van der Waals surface area contributed by atoms with Gasteiger partial charge >= 0.3 is 0 Å². The Morgan fingerprint density at radius 3 is 1.94 bits per heavy atom. The third-order valence-electron chi connectivity index (χ3n) is 14.6. The molecule has 4 heteroatoms. The summed E-state index contributed by atoms with van der Waals surface area (Å²) in [6, 6.07) is 86.5. The molecular weight excluding hydrogens is 849 g/mol. The van der Waals surface area contributed by atoms with E-state index in [2.05, 4.69) is 240 Å². The van der Waals surface area contributed by atoms with Crippen LogP contribution >= 0.6 is 23.1 Å². The number of thiophene rings is 1. The summed E-state index contributed by atoms with van der Waals surface area (Å²) >= 11 is 3.77. The van der Waals surface area contributed by atoms with Crippen LogP contribution in [0.1, 0.15) is 22.3 Å². The van der Waals surface area contributed by atoms with Crippen LogP contribution < -0.4 is 4.90 Å². The SMILES string of the molecule is c1ccc2c(c1)Sc1cc(N(c3ccc4c5ccccc5n(-c5cccc6sc7ccccc7c56)c4c3)c3cccc4ccccc34)ccc1C21c2ccccc2-c2cccc3cccc1c23. The molecule has 0 bridgehead atoms. The molecule has 0 saturated heterocycles. The highest BCUT2D eigenvalue weighted by Crippen LogP contribution is 2.62. The molecule has 0 N–H and O–H groups in total. The van der Waals surface area contributed by atoms with Crippen LogP contribution in [0.4, 0.5) is 17.1 Å². The molecular formula is C63H38N2S2. The first-order valence-corrected chi connectivity index (χ1v) is 24.6. The van der Waals surface area contributed by atoms with Gasteiger partial charge in [0.1, 0.15) is 0 Å². The van der Waals surface area contributed by atoms with Crippen molar-refractivity contribution in [3.8, 4) is 16.8 Å². The zero-order valence-electron chi connectivity index (χ0n) is 36.2. The topological polar surface area (TPSA) is 8.17 Å². The molecule has 11 aromatic carbocycles. The minimum atomic E-state index is -0.517. The summed E-state index contributed by atoms with van der Waals surface area (Å²) in [6.45, 7) is 0. The molecule has 2 aromatic heterocycles. The van der Waals surface area contributed by atoms with Gasteiger partial charge < -0.3 is 9.47 Å². The molecule has 0 amide bonds. The van der Waals surface area contributed by atoms with Crippen molar-refractivity contribution in [3.05, 3.63) is 253 Å². The van der Waals surface area contributed by atoms with Gasteiger partial charge in [0.25, 0.3) is 0 Å². The van der Waals surface area contributed by atoms with E-state index in [1.54, 1.807) is 0 Å². The number of para-hydroxylation sites is 1. The summed E-state index contributed by atoms with van der Waals surface area (Å²) in [5.41, 5.74) is 14.4. The van der Waals surface area contributed by atoms with Crippen molar-refractivity contribution in [2.24, 2.45) is 0 Å². The third kappa shape index (κ3) is 5.12. The number of aromatic nitrogens is 1. The average Bonchev–Trinajstić information content (AvgIpc) is 3.93. The largest absolute Gasteiger partial charge is 0.310 e. The molecule has 0 fully saturated rings. The quantitative estimate of drug-likeness (QED) is 0.174. The molecule has 312 valence electrons. The van der Waals surface area contributed by atoms with Gasteiger partial charge in [-0.1, -0.05) is 182 Å². The lowest BCUT2D eigenvalue weighted by molar-refractivity contribution is 0.707. The predicted octanol–water partition coefficient (Wildman–Crippen LogP) is 17.8. The number of nitrogens with zero attached hydrogens (tertiary/aromatic N) is 2. The smallest absolute Gasteiger partial charge is 0.0735 e. The Labute approximate surface area is 395 Å². The van der Waals surface area contributed by atoms with Crippen molar-refractivity contribution in [2.75, 3.05) is 4.90 Å². The molecule has 1 aliphatic heterocycles. The van der Waals surface area contributed by atoms with Crippen LogP contribution in [0.15, 0.2) is 240 Å². The first kappa shape index (κ1) is 37.3. The molecule has 13 aromatic rings. The van der Waals surface area contributed by atoms with Crippen molar-refractivity contribution in [1.82, 2.24) is 4.57 Å². The van der Waals surface area contributed by atoms with E-state index in [9.17, 15) is 0 Å². The van der Waals surface area contributed by atoms with E-state index in [-0.39, 0.29) is 0 Å². The zero-order chi connectivity index (χ0) is 43.8. The maximum Gasteiger partial charge on any atom is 0.0735 e. The molecule has 1 spiro atoms. The Kier molecular flexibility index (Phi) is 7.84. The van der Waals surface area contributed by atoms with Gasteiger partial charge in [-0.05, 0) is 110 Å². The Hall–Kier alpha value is -7.89. The van der Waals surface area contributed by atoms with E-state index in [0.29, 0.717) is 0 Å². The fraction of sp³-hybridized carbons (Fsp3) is 0.0159. The lowest BCUT2D eigenvalue weighted by atomic mass is 9.59. The van der Waals surface area contributed by atoms with Crippen LogP contribution in [-0.2, 0) is 5.41 Å². The van der Waals surface area contributed by atoms with E-state index in [4.69, 9.17) is 0 Å². The molecule has 1 unspecified atom stereocenters. The third-order valence-corrected chi connectivity index (χ3v) is 16.9. The van der Waals surface area contributed by atoms with Gasteiger partial charge in [-0.15, -0.1) is 11.3 Å². The van der Waals surface area contributed by atoms with Gasteiger partial charge in [-0.3, -0.25) is 0 Å². The van der Waals surface area contributed by atoms with Gasteiger partial charge in [-0.2, -0.15) is 0 Å². The van der Waals surface area contributed by atoms with Crippen molar-refractivity contribution in [3.63, 3.8) is 0 Å². The van der Waals surface area contributed by atoms with Crippen LogP contribution in [0.5, 0.6) is 0 Å². The van der Waals surface area contributed by atoms with E-state index in [1.807, 2.05) is 23.1 Å². The van der Waals surface area contributed by atoms with Crippen LogP contribution in [0.25, 0.3) is 80.3 Å². The molecule has 2 aliphatic rings. The molecule has 1 aliphatic carbocycles. The minimum absolute atomic E-state index is 0.517. The number of hydrogen-bond donors (Lipinski definition) is 0. The van der Waals surface area contributed by atoms with Crippen molar-refractivity contribution in [1.29, 1.82) is 0 Å². The average molecular weight is 887 g/mol. The second kappa shape index (κ2) is 14.1. The summed E-state index contributed by atoms with van der Waals surface area (Å²) in [7, 11) is 0. The van der Waals surface area contributed by atoms with Crippen LogP contribution in [-0.4, -0.2) is 4.57 Å². The fourth-order valence-electron chi connectivity index (χ4n) is 12.0. The highest BCUT2D eigenvalue weighted by molar-refractivity contribution is 7.99. The first-order valence-electron chi connectivity index (χ1n) is 23.0. The van der Waals surface area contributed by atoms with Gasteiger partial charge in [0.15, 0.2) is 0 Å². The molecule has 1 atom stereocenters. The maximum atomic E-state index is 2.51. The Morgan fingerprint density at radius 2 is 1.00 bits per heavy atom. The van der Waals surface area contributed by atoms with E-state index < -0.39 is 5.41 Å². The van der Waals surface area contributed by atoms with Crippen molar-refractivity contribution < 1.29 is 0 Å². The zero-order valence-corrected chi connectivity index (χ0v) is 37.8. The Balaban J connectivity index is 1.01. The lowest BCUT2D eigenvalue weighted by Crippen LogP contribution is -2.36. The summed E-state index contributed by atoms with van der Waals surface area (Å²) in [5, 5.41) is 10.1. The summed E-state index contributed by atoms with van der Waals surface area (Å²) in [4.78, 5) is 5.05. The van der Waals surface area contributed by atoms with Crippen molar-refractivity contribution in [2.45, 2.75) is 15.2 Å². The normalized spacial score (nSPS) is 14.9. The van der Waals surface area contributed by atoms with Crippen LogP contribution in [0, 0.1) is 0 Å². The predicted molar refractivity (Wildman–Crippen MR) is 285 cm³/mol. The second-order valence-corrected chi connectivity index (χ2v) is 20.1. The summed E-state index contributed by atoms with van der Waals surface area (Å²) in [6.07, 6.45) is 0. The molecule has 15 rings (SSSR count). The van der Waals surface area contributed by atoms with Crippen LogP contribution in [0.3, 0.4) is 0 Å².